The number of carbonyl (C=O) groups is 1. The number of rotatable bonds is 7. The number of aromatic nitrogens is 1. The van der Waals surface area contributed by atoms with Gasteiger partial charge < -0.3 is 14.4 Å². The van der Waals surface area contributed by atoms with Gasteiger partial charge in [0.2, 0.25) is 12.7 Å². The quantitative estimate of drug-likeness (QED) is 0.535. The molecular formula is C22H24ClN3O3S. The number of hydrogen-bond acceptors (Lipinski definition) is 6. The molecule has 158 valence electrons. The Morgan fingerprint density at radius 2 is 1.97 bits per heavy atom. The molecule has 0 radical (unpaired) electrons. The molecule has 0 saturated heterocycles. The van der Waals surface area contributed by atoms with Gasteiger partial charge in [-0.2, -0.15) is 0 Å². The Kier molecular flexibility index (Phi) is 6.13. The van der Waals surface area contributed by atoms with Crippen LogP contribution in [-0.2, 0) is 11.2 Å². The summed E-state index contributed by atoms with van der Waals surface area (Å²) in [5.74, 6) is 1.40. The molecule has 30 heavy (non-hydrogen) atoms. The number of benzene rings is 2. The molecule has 1 aromatic heterocycles. The van der Waals surface area contributed by atoms with Crippen LogP contribution < -0.4 is 14.4 Å². The van der Waals surface area contributed by atoms with E-state index < -0.39 is 0 Å². The van der Waals surface area contributed by atoms with Gasteiger partial charge in [-0.15, -0.1) is 0 Å². The number of hydrogen-bond donors (Lipinski definition) is 0. The van der Waals surface area contributed by atoms with Crippen LogP contribution in [0, 0.1) is 6.92 Å². The number of ether oxygens (including phenoxy) is 2. The summed E-state index contributed by atoms with van der Waals surface area (Å²) in [7, 11) is 4.05. The second kappa shape index (κ2) is 8.79. The third-order valence-electron chi connectivity index (χ3n) is 5.00. The summed E-state index contributed by atoms with van der Waals surface area (Å²) in [6.07, 6.45) is 1.11. The van der Waals surface area contributed by atoms with E-state index in [1.807, 2.05) is 51.4 Å². The minimum atomic E-state index is 0.000420. The Balaban J connectivity index is 1.61. The number of thiazole rings is 1. The largest absolute Gasteiger partial charge is 0.454 e. The summed E-state index contributed by atoms with van der Waals surface area (Å²) >= 11 is 7.86. The molecule has 0 saturated carbocycles. The van der Waals surface area contributed by atoms with E-state index in [0.29, 0.717) is 28.2 Å². The van der Waals surface area contributed by atoms with E-state index in [-0.39, 0.29) is 19.1 Å². The van der Waals surface area contributed by atoms with E-state index in [1.54, 1.807) is 4.90 Å². The number of nitrogens with zero attached hydrogens (tertiary/aromatic N) is 3. The zero-order valence-electron chi connectivity index (χ0n) is 17.3. The minimum Gasteiger partial charge on any atom is -0.454 e. The van der Waals surface area contributed by atoms with Crippen LogP contribution in [-0.4, -0.2) is 49.8 Å². The predicted octanol–water partition coefficient (Wildman–Crippen LogP) is 4.51. The van der Waals surface area contributed by atoms with Crippen LogP contribution in [0.3, 0.4) is 0 Å². The average Bonchev–Trinajstić information content (AvgIpc) is 3.35. The summed E-state index contributed by atoms with van der Waals surface area (Å²) in [6.45, 7) is 3.71. The predicted molar refractivity (Wildman–Crippen MR) is 121 cm³/mol. The SMILES string of the molecule is Cc1ccc(Cl)c2sc(N(CCCN(C)C)C(=O)Cc3ccc4c(c3)OCO4)nc12. The van der Waals surface area contributed by atoms with Gasteiger partial charge in [-0.1, -0.05) is 35.1 Å². The lowest BCUT2D eigenvalue weighted by atomic mass is 10.1. The number of anilines is 1. The molecule has 0 unspecified atom stereocenters. The highest BCUT2D eigenvalue weighted by molar-refractivity contribution is 7.23. The molecular weight excluding hydrogens is 422 g/mol. The molecule has 0 aliphatic carbocycles. The first-order valence-electron chi connectivity index (χ1n) is 9.81. The van der Waals surface area contributed by atoms with Crippen LogP contribution in [0.15, 0.2) is 30.3 Å². The summed E-state index contributed by atoms with van der Waals surface area (Å²) in [5, 5.41) is 1.35. The van der Waals surface area contributed by atoms with Crippen molar-refractivity contribution in [1.29, 1.82) is 0 Å². The molecule has 8 heteroatoms. The summed E-state index contributed by atoms with van der Waals surface area (Å²) in [5.41, 5.74) is 2.79. The zero-order chi connectivity index (χ0) is 21.3. The Morgan fingerprint density at radius 3 is 2.73 bits per heavy atom. The van der Waals surface area contributed by atoms with Crippen molar-refractivity contribution in [3.8, 4) is 11.5 Å². The number of fused-ring (bicyclic) bond motifs is 2. The minimum absolute atomic E-state index is 0.000420. The fraction of sp³-hybridized carbons (Fsp3) is 0.364. The summed E-state index contributed by atoms with van der Waals surface area (Å²) in [4.78, 5) is 22.0. The van der Waals surface area contributed by atoms with Gasteiger partial charge in [0.05, 0.1) is 21.7 Å². The Morgan fingerprint density at radius 1 is 1.17 bits per heavy atom. The molecule has 6 nitrogen and oxygen atoms in total. The van der Waals surface area contributed by atoms with Gasteiger partial charge in [0, 0.05) is 6.54 Å². The number of aryl methyl sites for hydroxylation is 1. The Hall–Kier alpha value is -2.35. The van der Waals surface area contributed by atoms with Crippen molar-refractivity contribution < 1.29 is 14.3 Å². The topological polar surface area (TPSA) is 54.9 Å². The summed E-state index contributed by atoms with van der Waals surface area (Å²) < 4.78 is 11.7. The third-order valence-corrected chi connectivity index (χ3v) is 6.54. The van der Waals surface area contributed by atoms with Crippen LogP contribution in [0.1, 0.15) is 17.5 Å². The molecule has 4 rings (SSSR count). The molecule has 0 atom stereocenters. The monoisotopic (exact) mass is 445 g/mol. The van der Waals surface area contributed by atoms with Crippen molar-refractivity contribution in [3.05, 3.63) is 46.5 Å². The van der Waals surface area contributed by atoms with Crippen molar-refractivity contribution in [2.24, 2.45) is 0 Å². The lowest BCUT2D eigenvalue weighted by Crippen LogP contribution is -2.34. The van der Waals surface area contributed by atoms with Gasteiger partial charge in [-0.3, -0.25) is 9.69 Å². The van der Waals surface area contributed by atoms with Gasteiger partial charge in [0.15, 0.2) is 16.6 Å². The van der Waals surface area contributed by atoms with E-state index in [1.165, 1.54) is 11.3 Å². The first-order chi connectivity index (χ1) is 14.4. The number of amides is 1. The van der Waals surface area contributed by atoms with Crippen LogP contribution in [0.2, 0.25) is 5.02 Å². The van der Waals surface area contributed by atoms with E-state index in [2.05, 4.69) is 4.90 Å². The molecule has 2 aromatic carbocycles. The maximum absolute atomic E-state index is 13.3. The van der Waals surface area contributed by atoms with Crippen molar-refractivity contribution >= 4 is 44.2 Å². The summed E-state index contributed by atoms with van der Waals surface area (Å²) in [6, 6.07) is 9.47. The third kappa shape index (κ3) is 4.38. The highest BCUT2D eigenvalue weighted by Gasteiger charge is 2.22. The van der Waals surface area contributed by atoms with E-state index in [4.69, 9.17) is 26.1 Å². The Labute approximate surface area is 185 Å². The van der Waals surface area contributed by atoms with Gasteiger partial charge in [0.1, 0.15) is 0 Å². The smallest absolute Gasteiger partial charge is 0.233 e. The second-order valence-corrected chi connectivity index (χ2v) is 8.99. The first kappa shape index (κ1) is 20.9. The van der Waals surface area contributed by atoms with Gasteiger partial charge in [0.25, 0.3) is 0 Å². The molecule has 1 amide bonds. The highest BCUT2D eigenvalue weighted by Crippen LogP contribution is 2.36. The Bertz CT molecular complexity index is 1040. The number of carbonyl (C=O) groups excluding carboxylic acids is 1. The maximum Gasteiger partial charge on any atom is 0.233 e. The molecule has 3 aromatic rings. The van der Waals surface area contributed by atoms with Crippen LogP contribution in [0.25, 0.3) is 10.2 Å². The van der Waals surface area contributed by atoms with Gasteiger partial charge in [-0.05, 0) is 63.3 Å². The molecule has 2 heterocycles. The molecule has 1 aliphatic rings. The van der Waals surface area contributed by atoms with E-state index in [0.717, 1.165) is 34.3 Å². The molecule has 0 bridgehead atoms. The van der Waals surface area contributed by atoms with E-state index >= 15 is 0 Å². The van der Waals surface area contributed by atoms with Crippen LogP contribution in [0.4, 0.5) is 5.13 Å². The fourth-order valence-corrected chi connectivity index (χ4v) is 4.76. The zero-order valence-corrected chi connectivity index (χ0v) is 18.8. The van der Waals surface area contributed by atoms with Crippen molar-refractivity contribution in [2.75, 3.05) is 38.9 Å². The first-order valence-corrected chi connectivity index (χ1v) is 11.0. The number of halogens is 1. The van der Waals surface area contributed by atoms with Crippen LogP contribution >= 0.6 is 22.9 Å². The van der Waals surface area contributed by atoms with Gasteiger partial charge >= 0.3 is 0 Å². The lowest BCUT2D eigenvalue weighted by Gasteiger charge is -2.21. The van der Waals surface area contributed by atoms with E-state index in [9.17, 15) is 4.79 Å². The van der Waals surface area contributed by atoms with Gasteiger partial charge in [-0.25, -0.2) is 4.98 Å². The molecule has 0 fully saturated rings. The average molecular weight is 446 g/mol. The highest BCUT2D eigenvalue weighted by atomic mass is 35.5. The molecule has 0 N–H and O–H groups in total. The van der Waals surface area contributed by atoms with Crippen LogP contribution in [0.5, 0.6) is 11.5 Å². The standard InChI is InChI=1S/C22H24ClN3O3S/c1-14-5-7-16(23)21-20(14)24-22(30-21)26(10-4-9-25(2)3)19(27)12-15-6-8-17-18(11-15)29-13-28-17/h5-8,11H,4,9-10,12-13H2,1-3H3. The second-order valence-electron chi connectivity index (χ2n) is 7.61. The molecule has 1 aliphatic heterocycles. The van der Waals surface area contributed by atoms with Crippen molar-refractivity contribution in [2.45, 2.75) is 19.8 Å². The van der Waals surface area contributed by atoms with Crippen molar-refractivity contribution in [1.82, 2.24) is 9.88 Å². The molecule has 0 spiro atoms. The van der Waals surface area contributed by atoms with Crippen molar-refractivity contribution in [3.63, 3.8) is 0 Å². The lowest BCUT2D eigenvalue weighted by molar-refractivity contribution is -0.118. The maximum atomic E-state index is 13.3. The fourth-order valence-electron chi connectivity index (χ4n) is 3.40. The normalized spacial score (nSPS) is 12.7.